The zero-order valence-electron chi connectivity index (χ0n) is 14.7. The summed E-state index contributed by atoms with van der Waals surface area (Å²) in [6.45, 7) is 9.13. The van der Waals surface area contributed by atoms with E-state index in [1.165, 1.54) is 11.1 Å². The zero-order valence-corrected chi connectivity index (χ0v) is 14.7. The van der Waals surface area contributed by atoms with Gasteiger partial charge in [-0.3, -0.25) is 0 Å². The van der Waals surface area contributed by atoms with Crippen molar-refractivity contribution in [2.75, 3.05) is 7.11 Å². The lowest BCUT2D eigenvalue weighted by Crippen LogP contribution is -2.33. The summed E-state index contributed by atoms with van der Waals surface area (Å²) in [5.41, 5.74) is 4.62. The summed E-state index contributed by atoms with van der Waals surface area (Å²) >= 11 is 0. The molecule has 0 unspecified atom stereocenters. The molecule has 2 nitrogen and oxygen atoms in total. The first-order chi connectivity index (χ1) is 10.8. The molecule has 0 bridgehead atoms. The lowest BCUT2D eigenvalue weighted by Gasteiger charge is -2.42. The molecule has 0 aromatic heterocycles. The van der Waals surface area contributed by atoms with Crippen molar-refractivity contribution in [3.8, 4) is 22.6 Å². The molecule has 0 saturated carbocycles. The Morgan fingerprint density at radius 3 is 2.04 bits per heavy atom. The van der Waals surface area contributed by atoms with E-state index in [1.807, 2.05) is 30.3 Å². The fourth-order valence-electron chi connectivity index (χ4n) is 3.69. The molecule has 0 heterocycles. The third-order valence-corrected chi connectivity index (χ3v) is 5.37. The van der Waals surface area contributed by atoms with E-state index in [2.05, 4.69) is 33.8 Å². The van der Waals surface area contributed by atoms with E-state index in [0.717, 1.165) is 29.7 Å². The van der Waals surface area contributed by atoms with E-state index in [9.17, 15) is 5.11 Å². The maximum atomic E-state index is 10.7. The van der Waals surface area contributed by atoms with Crippen molar-refractivity contribution in [2.24, 2.45) is 0 Å². The smallest absolute Gasteiger partial charge is 0.126 e. The van der Waals surface area contributed by atoms with Crippen LogP contribution in [0.5, 0.6) is 11.5 Å². The van der Waals surface area contributed by atoms with Crippen LogP contribution in [0.4, 0.5) is 0 Å². The van der Waals surface area contributed by atoms with Gasteiger partial charge < -0.3 is 9.84 Å². The average Bonchev–Trinajstić information content (AvgIpc) is 2.51. The second-order valence-electron chi connectivity index (χ2n) is 7.88. The highest BCUT2D eigenvalue weighted by Crippen LogP contribution is 2.49. The molecule has 2 aromatic rings. The van der Waals surface area contributed by atoms with Gasteiger partial charge in [0.05, 0.1) is 7.11 Å². The summed E-state index contributed by atoms with van der Waals surface area (Å²) < 4.78 is 5.48. The van der Waals surface area contributed by atoms with E-state index >= 15 is 0 Å². The Kier molecular flexibility index (Phi) is 3.66. The number of phenolic OH excluding ortho intramolecular Hbond substituents is 1. The number of benzene rings is 2. The average molecular weight is 310 g/mol. The van der Waals surface area contributed by atoms with Gasteiger partial charge in [-0.25, -0.2) is 0 Å². The number of hydrogen-bond donors (Lipinski definition) is 1. The first-order valence-corrected chi connectivity index (χ1v) is 8.28. The largest absolute Gasteiger partial charge is 0.507 e. The van der Waals surface area contributed by atoms with Crippen molar-refractivity contribution in [1.82, 2.24) is 0 Å². The molecule has 122 valence electrons. The number of fused-ring (bicyclic) bond motifs is 1. The molecular formula is C21H26O2. The van der Waals surface area contributed by atoms with Gasteiger partial charge >= 0.3 is 0 Å². The molecule has 0 fully saturated rings. The summed E-state index contributed by atoms with van der Waals surface area (Å²) in [6.07, 6.45) is 2.30. The van der Waals surface area contributed by atoms with E-state index in [4.69, 9.17) is 4.74 Å². The Balaban J connectivity index is 2.26. The number of methoxy groups -OCH3 is 1. The van der Waals surface area contributed by atoms with Crippen LogP contribution in [0, 0.1) is 0 Å². The van der Waals surface area contributed by atoms with Crippen molar-refractivity contribution in [3.05, 3.63) is 47.5 Å². The molecule has 0 saturated heterocycles. The molecule has 0 aliphatic heterocycles. The predicted molar refractivity (Wildman–Crippen MR) is 95.4 cm³/mol. The van der Waals surface area contributed by atoms with Gasteiger partial charge in [0.25, 0.3) is 0 Å². The highest BCUT2D eigenvalue weighted by molar-refractivity contribution is 5.77. The van der Waals surface area contributed by atoms with Gasteiger partial charge in [-0.1, -0.05) is 45.9 Å². The maximum absolute atomic E-state index is 10.7. The van der Waals surface area contributed by atoms with Crippen LogP contribution >= 0.6 is 0 Å². The Morgan fingerprint density at radius 2 is 1.43 bits per heavy atom. The molecule has 0 radical (unpaired) electrons. The van der Waals surface area contributed by atoms with Gasteiger partial charge in [0.1, 0.15) is 11.5 Å². The minimum Gasteiger partial charge on any atom is -0.507 e. The van der Waals surface area contributed by atoms with E-state index in [-0.39, 0.29) is 10.8 Å². The Bertz CT molecular complexity index is 742. The molecule has 1 aliphatic carbocycles. The van der Waals surface area contributed by atoms with Crippen LogP contribution in [0.2, 0.25) is 0 Å². The quantitative estimate of drug-likeness (QED) is 0.803. The van der Waals surface area contributed by atoms with Crippen LogP contribution in [-0.4, -0.2) is 12.2 Å². The molecular weight excluding hydrogens is 284 g/mol. The third kappa shape index (κ3) is 2.60. The first kappa shape index (κ1) is 15.9. The third-order valence-electron chi connectivity index (χ3n) is 5.37. The van der Waals surface area contributed by atoms with Crippen molar-refractivity contribution in [1.29, 1.82) is 0 Å². The highest BCUT2D eigenvalue weighted by atomic mass is 16.5. The number of ether oxygens (including phenoxy) is 1. The number of rotatable bonds is 2. The van der Waals surface area contributed by atoms with E-state index < -0.39 is 0 Å². The van der Waals surface area contributed by atoms with Gasteiger partial charge in [-0.15, -0.1) is 0 Å². The van der Waals surface area contributed by atoms with Crippen LogP contribution in [0.3, 0.4) is 0 Å². The monoisotopic (exact) mass is 310 g/mol. The van der Waals surface area contributed by atoms with Gasteiger partial charge in [-0.05, 0) is 53.0 Å². The highest BCUT2D eigenvalue weighted by Gasteiger charge is 2.38. The van der Waals surface area contributed by atoms with Crippen LogP contribution in [0.15, 0.2) is 36.4 Å². The van der Waals surface area contributed by atoms with E-state index in [1.54, 1.807) is 7.11 Å². The second kappa shape index (κ2) is 5.30. The van der Waals surface area contributed by atoms with E-state index in [0.29, 0.717) is 5.75 Å². The molecule has 1 N–H and O–H groups in total. The second-order valence-corrected chi connectivity index (χ2v) is 7.88. The number of aromatic hydroxyl groups is 1. The van der Waals surface area contributed by atoms with Gasteiger partial charge in [0.2, 0.25) is 0 Å². The lowest BCUT2D eigenvalue weighted by atomic mass is 9.62. The van der Waals surface area contributed by atoms with Crippen molar-refractivity contribution in [2.45, 2.75) is 51.4 Å². The van der Waals surface area contributed by atoms with Crippen LogP contribution in [0.1, 0.15) is 51.7 Å². The van der Waals surface area contributed by atoms with Gasteiger partial charge in [-0.2, -0.15) is 0 Å². The molecule has 2 heteroatoms. The summed E-state index contributed by atoms with van der Waals surface area (Å²) in [5.74, 6) is 1.12. The topological polar surface area (TPSA) is 29.5 Å². The molecule has 0 spiro atoms. The van der Waals surface area contributed by atoms with Crippen LogP contribution < -0.4 is 4.74 Å². The minimum atomic E-state index is 0.0988. The fourth-order valence-corrected chi connectivity index (χ4v) is 3.69. The standard InChI is InChI=1S/C21H26O2/c1-20(2)10-11-21(3,4)17-13-18(22)15(12-16(17)20)14-8-6-7-9-19(14)23-5/h6-9,12-13,22H,10-11H2,1-5H3. The lowest BCUT2D eigenvalue weighted by molar-refractivity contribution is 0.330. The zero-order chi connectivity index (χ0) is 16.8. The first-order valence-electron chi connectivity index (χ1n) is 8.28. The summed E-state index contributed by atoms with van der Waals surface area (Å²) in [4.78, 5) is 0. The normalized spacial score (nSPS) is 18.3. The molecule has 3 rings (SSSR count). The van der Waals surface area contributed by atoms with Gasteiger partial charge in [0.15, 0.2) is 0 Å². The molecule has 23 heavy (non-hydrogen) atoms. The molecule has 0 amide bonds. The van der Waals surface area contributed by atoms with Crippen molar-refractivity contribution in [3.63, 3.8) is 0 Å². The fraction of sp³-hybridized carbons (Fsp3) is 0.429. The molecule has 0 atom stereocenters. The summed E-state index contributed by atoms with van der Waals surface area (Å²) in [6, 6.07) is 12.0. The van der Waals surface area contributed by atoms with Crippen LogP contribution in [-0.2, 0) is 10.8 Å². The maximum Gasteiger partial charge on any atom is 0.126 e. The Morgan fingerprint density at radius 1 is 0.870 bits per heavy atom. The number of hydrogen-bond acceptors (Lipinski definition) is 2. The van der Waals surface area contributed by atoms with Gasteiger partial charge in [0, 0.05) is 11.1 Å². The summed E-state index contributed by atoms with van der Waals surface area (Å²) in [7, 11) is 1.67. The number of para-hydroxylation sites is 1. The van der Waals surface area contributed by atoms with Crippen molar-refractivity contribution < 1.29 is 9.84 Å². The molecule has 2 aromatic carbocycles. The van der Waals surface area contributed by atoms with Crippen molar-refractivity contribution >= 4 is 0 Å². The molecule has 1 aliphatic rings. The Hall–Kier alpha value is -1.96. The Labute approximate surface area is 139 Å². The predicted octanol–water partition coefficient (Wildman–Crippen LogP) is 5.42. The SMILES string of the molecule is COc1ccccc1-c1cc2c(cc1O)C(C)(C)CCC2(C)C. The number of phenols is 1. The van der Waals surface area contributed by atoms with Crippen LogP contribution in [0.25, 0.3) is 11.1 Å². The minimum absolute atomic E-state index is 0.0988. The summed E-state index contributed by atoms with van der Waals surface area (Å²) in [5, 5.41) is 10.7.